The van der Waals surface area contributed by atoms with Crippen molar-refractivity contribution in [2.24, 2.45) is 20.5 Å². The first-order valence-electron chi connectivity index (χ1n) is 15.2. The second-order valence-corrected chi connectivity index (χ2v) is 15.7. The molecule has 0 aliphatic heterocycles. The SMILES string of the molecule is COc1cc(-c2ccc(N=Nc3c([O-])c(S(=O)(=O)O)cc4cc(S(=O)(=O)[O-])ccc34)c(OC)c2)ccc1N=Nc1c(S(=O)(=O)O)cc2cc(N)ccc2c1[O-].[Na+].[Na+].[Na+]. The Hall–Kier alpha value is -3.23. The van der Waals surface area contributed by atoms with Gasteiger partial charge in [-0.2, -0.15) is 21.9 Å². The second kappa shape index (κ2) is 19.0. The van der Waals surface area contributed by atoms with Crippen molar-refractivity contribution in [2.45, 2.75) is 14.7 Å². The molecule has 0 fully saturated rings. The summed E-state index contributed by atoms with van der Waals surface area (Å²) in [6, 6.07) is 18.0. The van der Waals surface area contributed by atoms with Crippen LogP contribution < -0.4 is 114 Å². The van der Waals surface area contributed by atoms with Gasteiger partial charge < -0.3 is 30.0 Å². The van der Waals surface area contributed by atoms with Crippen LogP contribution in [0, 0.1) is 0 Å². The normalized spacial score (nSPS) is 11.9. The summed E-state index contributed by atoms with van der Waals surface area (Å²) in [5.74, 6) is -1.81. The molecule has 0 radical (unpaired) electrons. The first-order chi connectivity index (χ1) is 25.8. The third-order valence-electron chi connectivity index (χ3n) is 8.11. The molecule has 0 unspecified atom stereocenters. The summed E-state index contributed by atoms with van der Waals surface area (Å²) in [5.41, 5.74) is 5.99. The van der Waals surface area contributed by atoms with Gasteiger partial charge in [0.1, 0.15) is 37.9 Å². The van der Waals surface area contributed by atoms with Gasteiger partial charge in [0, 0.05) is 11.1 Å². The van der Waals surface area contributed by atoms with Crippen LogP contribution in [0.3, 0.4) is 0 Å². The summed E-state index contributed by atoms with van der Waals surface area (Å²) >= 11 is 0. The van der Waals surface area contributed by atoms with Gasteiger partial charge in [0.2, 0.25) is 0 Å². The summed E-state index contributed by atoms with van der Waals surface area (Å²) in [4.78, 5) is -2.61. The maximum absolute atomic E-state index is 13.2. The maximum Gasteiger partial charge on any atom is 1.00 e. The van der Waals surface area contributed by atoms with Crippen molar-refractivity contribution in [1.29, 1.82) is 0 Å². The minimum atomic E-state index is -5.12. The predicted octanol–water partition coefficient (Wildman–Crippen LogP) is -3.35. The Morgan fingerprint density at radius 1 is 0.569 bits per heavy atom. The van der Waals surface area contributed by atoms with E-state index in [1.807, 2.05) is 0 Å². The number of nitrogens with zero attached hydrogens (tertiary/aromatic N) is 4. The van der Waals surface area contributed by atoms with Crippen LogP contribution in [0.1, 0.15) is 0 Å². The van der Waals surface area contributed by atoms with E-state index in [0.717, 1.165) is 30.3 Å². The third-order valence-corrected chi connectivity index (χ3v) is 10.7. The number of azo groups is 2. The van der Waals surface area contributed by atoms with Crippen molar-refractivity contribution in [3.63, 3.8) is 0 Å². The average Bonchev–Trinajstić information content (AvgIpc) is 3.12. The van der Waals surface area contributed by atoms with Gasteiger partial charge in [-0.1, -0.05) is 35.8 Å². The molecule has 0 atom stereocenters. The van der Waals surface area contributed by atoms with Crippen LogP contribution in [0.5, 0.6) is 23.0 Å². The molecule has 0 heterocycles. The molecule has 0 saturated heterocycles. The standard InChI is InChI=1S/C34H27N5O13S3.3Na/c1-51-27-13-17(3-9-25(27)36-38-31-23-8-6-22(53(42,43)44)12-20(23)16-30(34(31)41)55(48,49)50)18-4-10-26(28(14-18)52-2)37-39-32-29(54(45,46)47)15-19-11-21(35)5-7-24(19)33(32)40;;;/h3-16,40-41H,35H2,1-2H3,(H,42,43,44)(H,45,46,47)(H,48,49,50);;;/q;3*+1/p-3. The van der Waals surface area contributed by atoms with Crippen LogP contribution in [-0.4, -0.2) is 53.1 Å². The zero-order valence-corrected chi connectivity index (χ0v) is 39.5. The molecular weight excluding hydrogens is 852 g/mol. The Balaban J connectivity index is 0.00000300. The smallest absolute Gasteiger partial charge is 0.871 e. The van der Waals surface area contributed by atoms with Gasteiger partial charge in [0.15, 0.2) is 0 Å². The number of ether oxygens (including phenoxy) is 2. The molecule has 18 nitrogen and oxygen atoms in total. The van der Waals surface area contributed by atoms with Gasteiger partial charge in [-0.3, -0.25) is 9.11 Å². The Bertz CT molecular complexity index is 2990. The molecule has 4 N–H and O–H groups in total. The first kappa shape index (κ1) is 49.1. The van der Waals surface area contributed by atoms with Crippen molar-refractivity contribution < 1.29 is 147 Å². The van der Waals surface area contributed by atoms with Gasteiger partial charge in [0.05, 0.1) is 35.4 Å². The van der Waals surface area contributed by atoms with Crippen molar-refractivity contribution >= 4 is 80.3 Å². The van der Waals surface area contributed by atoms with Crippen molar-refractivity contribution in [3.05, 3.63) is 84.9 Å². The van der Waals surface area contributed by atoms with Gasteiger partial charge in [0.25, 0.3) is 20.2 Å². The van der Waals surface area contributed by atoms with Crippen LogP contribution in [0.15, 0.2) is 120 Å². The number of benzene rings is 6. The molecule has 6 aromatic rings. The maximum atomic E-state index is 13.2. The Morgan fingerprint density at radius 2 is 1.05 bits per heavy atom. The zero-order chi connectivity index (χ0) is 40.0. The molecule has 0 amide bonds. The molecular formula is C34H24N5Na3O13S3. The van der Waals surface area contributed by atoms with Crippen molar-refractivity contribution in [1.82, 2.24) is 0 Å². The fraction of sp³-hybridized carbons (Fsp3) is 0.0588. The minimum absolute atomic E-state index is 0. The van der Waals surface area contributed by atoms with E-state index in [0.29, 0.717) is 11.1 Å². The largest absolute Gasteiger partial charge is 1.00 e. The number of nitrogen functional groups attached to an aromatic ring is 1. The van der Waals surface area contributed by atoms with Crippen molar-refractivity contribution in [2.75, 3.05) is 20.0 Å². The number of fused-ring (bicyclic) bond motifs is 2. The van der Waals surface area contributed by atoms with Crippen LogP contribution >= 0.6 is 0 Å². The number of methoxy groups -OCH3 is 2. The number of nitrogens with two attached hydrogens (primary N) is 1. The monoisotopic (exact) mass is 875 g/mol. The van der Waals surface area contributed by atoms with E-state index in [1.165, 1.54) is 50.6 Å². The number of anilines is 1. The molecule has 6 rings (SSSR count). The van der Waals surface area contributed by atoms with E-state index in [9.17, 15) is 49.1 Å². The molecule has 0 aromatic heterocycles. The quantitative estimate of drug-likeness (QED) is 0.0525. The van der Waals surface area contributed by atoms with Gasteiger partial charge in [-0.05, 0) is 87.9 Å². The number of rotatable bonds is 10. The zero-order valence-electron chi connectivity index (χ0n) is 31.1. The van der Waals surface area contributed by atoms with E-state index < -0.39 is 67.9 Å². The van der Waals surface area contributed by atoms with E-state index in [4.69, 9.17) is 15.2 Å². The Kier molecular flexibility index (Phi) is 16.1. The van der Waals surface area contributed by atoms with Gasteiger partial charge >= 0.3 is 88.7 Å². The summed E-state index contributed by atoms with van der Waals surface area (Å²) in [6.07, 6.45) is 0. The predicted molar refractivity (Wildman–Crippen MR) is 192 cm³/mol. The summed E-state index contributed by atoms with van der Waals surface area (Å²) in [5, 5.41) is 42.2. The first-order valence-corrected chi connectivity index (χ1v) is 19.5. The van der Waals surface area contributed by atoms with Crippen molar-refractivity contribution in [3.8, 4) is 34.1 Å². The fourth-order valence-corrected chi connectivity index (χ4v) is 7.27. The summed E-state index contributed by atoms with van der Waals surface area (Å²) < 4.78 is 113. The van der Waals surface area contributed by atoms with Crippen LogP contribution in [0.4, 0.5) is 28.4 Å². The van der Waals surface area contributed by atoms with Gasteiger partial charge in [-0.15, -0.1) is 15.3 Å². The molecule has 58 heavy (non-hydrogen) atoms. The van der Waals surface area contributed by atoms with Crippen LogP contribution in [-0.2, 0) is 30.4 Å². The molecule has 0 aliphatic rings. The fourth-order valence-electron chi connectivity index (χ4n) is 5.50. The van der Waals surface area contributed by atoms with E-state index in [1.54, 1.807) is 18.2 Å². The van der Waals surface area contributed by atoms with Crippen LogP contribution in [0.25, 0.3) is 32.7 Å². The van der Waals surface area contributed by atoms with E-state index in [-0.39, 0.29) is 139 Å². The molecule has 284 valence electrons. The van der Waals surface area contributed by atoms with E-state index in [2.05, 4.69) is 20.5 Å². The Morgan fingerprint density at radius 3 is 1.55 bits per heavy atom. The average molecular weight is 876 g/mol. The summed E-state index contributed by atoms with van der Waals surface area (Å²) in [6.45, 7) is 0. The van der Waals surface area contributed by atoms with Crippen LogP contribution in [0.2, 0.25) is 0 Å². The molecule has 0 bridgehead atoms. The second-order valence-electron chi connectivity index (χ2n) is 11.5. The Labute approximate surface area is 397 Å². The molecule has 0 saturated carbocycles. The molecule has 24 heteroatoms. The molecule has 0 spiro atoms. The topological polar surface area (TPSA) is 306 Å². The summed E-state index contributed by atoms with van der Waals surface area (Å²) in [7, 11) is -12.3. The molecule has 0 aliphatic carbocycles. The van der Waals surface area contributed by atoms with E-state index >= 15 is 0 Å². The number of hydrogen-bond donors (Lipinski definition) is 3. The minimum Gasteiger partial charge on any atom is -0.871 e. The number of hydrogen-bond acceptors (Lipinski definition) is 16. The molecule has 6 aromatic carbocycles. The third kappa shape index (κ3) is 10.4. The van der Waals surface area contributed by atoms with Gasteiger partial charge in [-0.25, -0.2) is 8.42 Å².